The molecule has 1 amide bonds. The number of rotatable bonds is 7. The van der Waals surface area contributed by atoms with E-state index in [1.165, 1.54) is 12.4 Å². The van der Waals surface area contributed by atoms with E-state index in [-0.39, 0.29) is 17.6 Å². The summed E-state index contributed by atoms with van der Waals surface area (Å²) < 4.78 is 5.02. The van der Waals surface area contributed by atoms with Crippen LogP contribution >= 0.6 is 0 Å². The summed E-state index contributed by atoms with van der Waals surface area (Å²) in [6.07, 6.45) is 3.31. The van der Waals surface area contributed by atoms with Crippen molar-refractivity contribution in [1.29, 1.82) is 0 Å². The lowest BCUT2D eigenvalue weighted by Crippen LogP contribution is -2.33. The van der Waals surface area contributed by atoms with Gasteiger partial charge in [-0.1, -0.05) is 60.7 Å². The van der Waals surface area contributed by atoms with Crippen LogP contribution in [0.3, 0.4) is 0 Å². The minimum atomic E-state index is -0.792. The molecular formula is C21H20N4O3. The summed E-state index contributed by atoms with van der Waals surface area (Å²) in [7, 11) is 0. The van der Waals surface area contributed by atoms with Gasteiger partial charge in [-0.25, -0.2) is 14.8 Å². The Labute approximate surface area is 162 Å². The van der Waals surface area contributed by atoms with E-state index in [1.54, 1.807) is 0 Å². The predicted octanol–water partition coefficient (Wildman–Crippen LogP) is 2.32. The molecule has 1 heterocycles. The topological polar surface area (TPSA) is 107 Å². The van der Waals surface area contributed by atoms with Crippen LogP contribution in [0.1, 0.15) is 27.7 Å². The van der Waals surface area contributed by atoms with Crippen LogP contribution in [-0.2, 0) is 16.0 Å². The maximum absolute atomic E-state index is 12.4. The van der Waals surface area contributed by atoms with Crippen LogP contribution in [-0.4, -0.2) is 28.5 Å². The SMILES string of the molecule is Nc1nccnc1C(=O)OCC(=O)N[C@H](Cc1ccccc1)c1ccccc1. The van der Waals surface area contributed by atoms with Gasteiger partial charge in [-0.3, -0.25) is 4.79 Å². The molecule has 1 atom stereocenters. The van der Waals surface area contributed by atoms with Gasteiger partial charge in [0, 0.05) is 12.4 Å². The number of amides is 1. The standard InChI is InChI=1S/C21H20N4O3/c22-20-19(23-11-12-24-20)21(27)28-14-18(26)25-17(16-9-5-2-6-10-16)13-15-7-3-1-4-8-15/h1-12,17H,13-14H2,(H2,22,24)(H,25,26)/t17-/m1/s1. The van der Waals surface area contributed by atoms with Crippen LogP contribution in [0.2, 0.25) is 0 Å². The second-order valence-corrected chi connectivity index (χ2v) is 6.09. The van der Waals surface area contributed by atoms with E-state index in [9.17, 15) is 9.59 Å². The third kappa shape index (κ3) is 5.14. The summed E-state index contributed by atoms with van der Waals surface area (Å²) in [6.45, 7) is -0.438. The van der Waals surface area contributed by atoms with Crippen molar-refractivity contribution in [1.82, 2.24) is 15.3 Å². The Morgan fingerprint density at radius 2 is 1.61 bits per heavy atom. The molecule has 0 saturated heterocycles. The minimum Gasteiger partial charge on any atom is -0.451 e. The maximum atomic E-state index is 12.4. The number of benzene rings is 2. The van der Waals surface area contributed by atoms with Gasteiger partial charge in [0.1, 0.15) is 0 Å². The summed E-state index contributed by atoms with van der Waals surface area (Å²) >= 11 is 0. The van der Waals surface area contributed by atoms with Gasteiger partial charge in [-0.05, 0) is 17.5 Å². The molecule has 7 heteroatoms. The molecule has 3 rings (SSSR count). The van der Waals surface area contributed by atoms with Crippen molar-refractivity contribution in [2.45, 2.75) is 12.5 Å². The molecule has 142 valence electrons. The normalized spacial score (nSPS) is 11.4. The van der Waals surface area contributed by atoms with Crippen molar-refractivity contribution in [2.24, 2.45) is 0 Å². The molecule has 0 aliphatic carbocycles. The van der Waals surface area contributed by atoms with Gasteiger partial charge in [0.25, 0.3) is 5.91 Å². The molecule has 0 bridgehead atoms. The fourth-order valence-electron chi connectivity index (χ4n) is 2.73. The quantitative estimate of drug-likeness (QED) is 0.613. The van der Waals surface area contributed by atoms with Crippen LogP contribution in [0.4, 0.5) is 5.82 Å². The van der Waals surface area contributed by atoms with E-state index >= 15 is 0 Å². The number of aromatic nitrogens is 2. The molecule has 0 aliphatic heterocycles. The number of hydrogen-bond acceptors (Lipinski definition) is 6. The first-order chi connectivity index (χ1) is 13.6. The summed E-state index contributed by atoms with van der Waals surface area (Å²) in [5, 5.41) is 2.92. The molecule has 0 unspecified atom stereocenters. The minimum absolute atomic E-state index is 0.0425. The van der Waals surface area contributed by atoms with Crippen LogP contribution in [0.5, 0.6) is 0 Å². The van der Waals surface area contributed by atoms with Gasteiger partial charge in [-0.15, -0.1) is 0 Å². The van der Waals surface area contributed by atoms with Crippen LogP contribution < -0.4 is 11.1 Å². The Balaban J connectivity index is 1.64. The number of carbonyl (C=O) groups is 2. The second kappa shape index (κ2) is 9.27. The highest BCUT2D eigenvalue weighted by Gasteiger charge is 2.18. The van der Waals surface area contributed by atoms with E-state index in [0.717, 1.165) is 11.1 Å². The lowest BCUT2D eigenvalue weighted by atomic mass is 9.99. The van der Waals surface area contributed by atoms with Gasteiger partial charge >= 0.3 is 5.97 Å². The van der Waals surface area contributed by atoms with Gasteiger partial charge in [0.05, 0.1) is 6.04 Å². The van der Waals surface area contributed by atoms with Crippen molar-refractivity contribution in [3.63, 3.8) is 0 Å². The summed E-state index contributed by atoms with van der Waals surface area (Å²) in [5.74, 6) is -1.25. The number of carbonyl (C=O) groups excluding carboxylic acids is 2. The molecule has 0 fully saturated rings. The summed E-state index contributed by atoms with van der Waals surface area (Å²) in [5.41, 5.74) is 7.53. The average Bonchev–Trinajstić information content (AvgIpc) is 2.73. The monoisotopic (exact) mass is 376 g/mol. The maximum Gasteiger partial charge on any atom is 0.361 e. The van der Waals surface area contributed by atoms with Gasteiger partial charge < -0.3 is 15.8 Å². The van der Waals surface area contributed by atoms with Crippen LogP contribution in [0.15, 0.2) is 73.1 Å². The molecule has 3 aromatic rings. The zero-order valence-electron chi connectivity index (χ0n) is 15.1. The number of hydrogen-bond donors (Lipinski definition) is 2. The van der Waals surface area contributed by atoms with E-state index in [2.05, 4.69) is 15.3 Å². The van der Waals surface area contributed by atoms with E-state index in [4.69, 9.17) is 10.5 Å². The Hall–Kier alpha value is -3.74. The second-order valence-electron chi connectivity index (χ2n) is 6.09. The number of anilines is 1. The molecule has 28 heavy (non-hydrogen) atoms. The van der Waals surface area contributed by atoms with Crippen LogP contribution in [0, 0.1) is 0 Å². The first-order valence-electron chi connectivity index (χ1n) is 8.75. The van der Waals surface area contributed by atoms with Crippen LogP contribution in [0.25, 0.3) is 0 Å². The zero-order chi connectivity index (χ0) is 19.8. The van der Waals surface area contributed by atoms with Gasteiger partial charge in [-0.2, -0.15) is 0 Å². The lowest BCUT2D eigenvalue weighted by Gasteiger charge is -2.19. The molecular weight excluding hydrogens is 356 g/mol. The average molecular weight is 376 g/mol. The summed E-state index contributed by atoms with van der Waals surface area (Å²) in [6, 6.07) is 19.2. The van der Waals surface area contributed by atoms with E-state index in [0.29, 0.717) is 6.42 Å². The predicted molar refractivity (Wildman–Crippen MR) is 104 cm³/mol. The number of ether oxygens (including phenoxy) is 1. The third-order valence-electron chi connectivity index (χ3n) is 4.07. The number of nitrogens with two attached hydrogens (primary N) is 1. The van der Waals surface area contributed by atoms with Crippen molar-refractivity contribution in [3.8, 4) is 0 Å². The molecule has 0 aliphatic rings. The molecule has 3 N–H and O–H groups in total. The van der Waals surface area contributed by atoms with Gasteiger partial charge in [0.15, 0.2) is 18.1 Å². The number of nitrogen functional groups attached to an aromatic ring is 1. The Kier molecular flexibility index (Phi) is 6.30. The fraction of sp³-hybridized carbons (Fsp3) is 0.143. The molecule has 2 aromatic carbocycles. The smallest absolute Gasteiger partial charge is 0.361 e. The first kappa shape index (κ1) is 19.0. The van der Waals surface area contributed by atoms with Crippen molar-refractivity contribution >= 4 is 17.7 Å². The molecule has 0 saturated carbocycles. The zero-order valence-corrected chi connectivity index (χ0v) is 15.1. The molecule has 1 aromatic heterocycles. The van der Waals surface area contributed by atoms with Crippen molar-refractivity contribution in [3.05, 3.63) is 89.9 Å². The fourth-order valence-corrected chi connectivity index (χ4v) is 2.73. The largest absolute Gasteiger partial charge is 0.451 e. The molecule has 0 spiro atoms. The van der Waals surface area contributed by atoms with E-state index in [1.807, 2.05) is 60.7 Å². The third-order valence-corrected chi connectivity index (χ3v) is 4.07. The highest BCUT2D eigenvalue weighted by Crippen LogP contribution is 2.18. The number of nitrogens with zero attached hydrogens (tertiary/aromatic N) is 2. The highest BCUT2D eigenvalue weighted by atomic mass is 16.5. The van der Waals surface area contributed by atoms with Crippen molar-refractivity contribution in [2.75, 3.05) is 12.3 Å². The Morgan fingerprint density at radius 1 is 0.964 bits per heavy atom. The first-order valence-corrected chi connectivity index (χ1v) is 8.75. The molecule has 0 radical (unpaired) electrons. The Morgan fingerprint density at radius 3 is 2.29 bits per heavy atom. The number of nitrogens with one attached hydrogen (secondary N) is 1. The lowest BCUT2D eigenvalue weighted by molar-refractivity contribution is -0.125. The van der Waals surface area contributed by atoms with E-state index < -0.39 is 18.5 Å². The number of esters is 1. The highest BCUT2D eigenvalue weighted by molar-refractivity contribution is 5.93. The van der Waals surface area contributed by atoms with Crippen molar-refractivity contribution < 1.29 is 14.3 Å². The van der Waals surface area contributed by atoms with Gasteiger partial charge in [0.2, 0.25) is 0 Å². The summed E-state index contributed by atoms with van der Waals surface area (Å²) in [4.78, 5) is 32.0. The Bertz CT molecular complexity index is 933. The molecule has 7 nitrogen and oxygen atoms in total.